The molecule has 0 fully saturated rings. The summed E-state index contributed by atoms with van der Waals surface area (Å²) in [6.45, 7) is 0. The standard InChI is InChI=1S/C19H19N5O2S/c25-18(13-6-8-15(9-7-13)24-12-20-11-21-24)22-23-19(26)17-10-14-4-2-1-3-5-16(14)27-17/h6-12H,1-5H2,(H,22,25)(H,23,26). The van der Waals surface area contributed by atoms with Crippen LogP contribution < -0.4 is 10.9 Å². The molecular weight excluding hydrogens is 362 g/mol. The van der Waals surface area contributed by atoms with Crippen LogP contribution in [0.2, 0.25) is 0 Å². The van der Waals surface area contributed by atoms with Gasteiger partial charge in [-0.1, -0.05) is 6.42 Å². The maximum atomic E-state index is 12.4. The molecule has 2 heterocycles. The second-order valence-electron chi connectivity index (χ2n) is 6.41. The third-order valence-corrected chi connectivity index (χ3v) is 5.81. The Morgan fingerprint density at radius 1 is 1.00 bits per heavy atom. The lowest BCUT2D eigenvalue weighted by molar-refractivity contribution is 0.0849. The molecule has 1 aromatic carbocycles. The summed E-state index contributed by atoms with van der Waals surface area (Å²) in [5.41, 5.74) is 7.51. The van der Waals surface area contributed by atoms with E-state index in [2.05, 4.69) is 20.9 Å². The lowest BCUT2D eigenvalue weighted by atomic mass is 10.1. The summed E-state index contributed by atoms with van der Waals surface area (Å²) in [6, 6.07) is 8.83. The number of hydrogen-bond donors (Lipinski definition) is 2. The average molecular weight is 381 g/mol. The molecule has 0 saturated heterocycles. The average Bonchev–Trinajstić information content (AvgIpc) is 3.32. The van der Waals surface area contributed by atoms with E-state index in [1.807, 2.05) is 6.07 Å². The number of carbonyl (C=O) groups is 2. The molecule has 3 aromatic rings. The number of benzene rings is 1. The third kappa shape index (κ3) is 3.90. The smallest absolute Gasteiger partial charge is 0.267 e. The minimum atomic E-state index is -0.369. The topological polar surface area (TPSA) is 88.9 Å². The summed E-state index contributed by atoms with van der Waals surface area (Å²) in [6.07, 6.45) is 8.69. The second-order valence-corrected chi connectivity index (χ2v) is 7.55. The van der Waals surface area contributed by atoms with E-state index < -0.39 is 0 Å². The quantitative estimate of drug-likeness (QED) is 0.539. The molecule has 0 radical (unpaired) electrons. The molecule has 0 unspecified atom stereocenters. The summed E-state index contributed by atoms with van der Waals surface area (Å²) >= 11 is 1.53. The summed E-state index contributed by atoms with van der Waals surface area (Å²) in [4.78, 5) is 30.5. The van der Waals surface area contributed by atoms with Crippen LogP contribution in [0.15, 0.2) is 43.0 Å². The van der Waals surface area contributed by atoms with Gasteiger partial charge in [-0.2, -0.15) is 5.10 Å². The molecule has 2 aromatic heterocycles. The molecule has 0 bridgehead atoms. The van der Waals surface area contributed by atoms with Gasteiger partial charge < -0.3 is 0 Å². The van der Waals surface area contributed by atoms with E-state index in [9.17, 15) is 9.59 Å². The van der Waals surface area contributed by atoms with Crippen LogP contribution in [-0.2, 0) is 12.8 Å². The minimum Gasteiger partial charge on any atom is -0.267 e. The number of fused-ring (bicyclic) bond motifs is 1. The van der Waals surface area contributed by atoms with Gasteiger partial charge in [-0.25, -0.2) is 9.67 Å². The first-order chi connectivity index (χ1) is 13.2. The van der Waals surface area contributed by atoms with E-state index >= 15 is 0 Å². The SMILES string of the molecule is O=C(NNC(=O)c1cc2c(s1)CCCCC2)c1ccc(-n2cncn2)cc1. The van der Waals surface area contributed by atoms with Crippen LogP contribution in [-0.4, -0.2) is 26.6 Å². The maximum Gasteiger partial charge on any atom is 0.279 e. The maximum absolute atomic E-state index is 12.4. The molecule has 1 aliphatic carbocycles. The molecular formula is C19H19N5O2S. The predicted molar refractivity (Wildman–Crippen MR) is 102 cm³/mol. The number of aromatic nitrogens is 3. The van der Waals surface area contributed by atoms with Gasteiger partial charge in [0.2, 0.25) is 0 Å². The molecule has 0 saturated carbocycles. The minimum absolute atomic E-state index is 0.277. The van der Waals surface area contributed by atoms with Crippen LogP contribution in [0.25, 0.3) is 5.69 Å². The predicted octanol–water partition coefficient (Wildman–Crippen LogP) is 2.67. The van der Waals surface area contributed by atoms with Gasteiger partial charge in [-0.3, -0.25) is 20.4 Å². The van der Waals surface area contributed by atoms with Gasteiger partial charge in [0, 0.05) is 10.4 Å². The van der Waals surface area contributed by atoms with E-state index in [1.54, 1.807) is 35.3 Å². The molecule has 8 heteroatoms. The molecule has 7 nitrogen and oxygen atoms in total. The Morgan fingerprint density at radius 2 is 1.78 bits per heavy atom. The highest BCUT2D eigenvalue weighted by Crippen LogP contribution is 2.28. The zero-order valence-electron chi connectivity index (χ0n) is 14.6. The van der Waals surface area contributed by atoms with Crippen molar-refractivity contribution in [1.82, 2.24) is 25.6 Å². The van der Waals surface area contributed by atoms with E-state index in [0.717, 1.165) is 18.5 Å². The lowest BCUT2D eigenvalue weighted by Gasteiger charge is -2.07. The van der Waals surface area contributed by atoms with Crippen molar-refractivity contribution in [2.24, 2.45) is 0 Å². The molecule has 138 valence electrons. The van der Waals surface area contributed by atoms with Crippen LogP contribution >= 0.6 is 11.3 Å². The monoisotopic (exact) mass is 381 g/mol. The number of nitrogens with zero attached hydrogens (tertiary/aromatic N) is 3. The van der Waals surface area contributed by atoms with Crippen molar-refractivity contribution in [3.8, 4) is 5.69 Å². The summed E-state index contributed by atoms with van der Waals surface area (Å²) in [5.74, 6) is -0.646. The molecule has 2 N–H and O–H groups in total. The summed E-state index contributed by atoms with van der Waals surface area (Å²) in [7, 11) is 0. The van der Waals surface area contributed by atoms with Gasteiger partial charge in [-0.05, 0) is 61.6 Å². The fourth-order valence-electron chi connectivity index (χ4n) is 3.13. The van der Waals surface area contributed by atoms with Crippen molar-refractivity contribution in [1.29, 1.82) is 0 Å². The van der Waals surface area contributed by atoms with Crippen LogP contribution in [0.4, 0.5) is 0 Å². The molecule has 1 aliphatic rings. The first-order valence-corrected chi connectivity index (χ1v) is 9.70. The third-order valence-electron chi connectivity index (χ3n) is 4.57. The first-order valence-electron chi connectivity index (χ1n) is 8.88. The first kappa shape index (κ1) is 17.4. The number of rotatable bonds is 3. The fraction of sp³-hybridized carbons (Fsp3) is 0.263. The Bertz CT molecular complexity index is 924. The highest BCUT2D eigenvalue weighted by Gasteiger charge is 2.17. The van der Waals surface area contributed by atoms with Crippen molar-refractivity contribution in [2.45, 2.75) is 32.1 Å². The lowest BCUT2D eigenvalue weighted by Crippen LogP contribution is -2.41. The number of hydrazine groups is 1. The number of nitrogens with one attached hydrogen (secondary N) is 2. The Balaban J connectivity index is 1.37. The van der Waals surface area contributed by atoms with Crippen molar-refractivity contribution in [3.05, 3.63) is 63.9 Å². The largest absolute Gasteiger partial charge is 0.279 e. The second kappa shape index (κ2) is 7.71. The van der Waals surface area contributed by atoms with E-state index in [-0.39, 0.29) is 11.8 Å². The number of hydrogen-bond acceptors (Lipinski definition) is 5. The van der Waals surface area contributed by atoms with Crippen molar-refractivity contribution >= 4 is 23.2 Å². The number of aryl methyl sites for hydroxylation is 2. The molecule has 27 heavy (non-hydrogen) atoms. The summed E-state index contributed by atoms with van der Waals surface area (Å²) < 4.78 is 1.60. The van der Waals surface area contributed by atoms with Crippen LogP contribution in [0.3, 0.4) is 0 Å². The van der Waals surface area contributed by atoms with Gasteiger partial charge in [0.25, 0.3) is 11.8 Å². The molecule has 4 rings (SSSR count). The molecule has 2 amide bonds. The number of thiophene rings is 1. The number of carbonyl (C=O) groups excluding carboxylic acids is 2. The highest BCUT2D eigenvalue weighted by atomic mass is 32.1. The van der Waals surface area contributed by atoms with E-state index in [4.69, 9.17) is 0 Å². The zero-order valence-corrected chi connectivity index (χ0v) is 15.5. The van der Waals surface area contributed by atoms with Crippen LogP contribution in [0, 0.1) is 0 Å². The van der Waals surface area contributed by atoms with Gasteiger partial charge in [0.15, 0.2) is 0 Å². The Hall–Kier alpha value is -3.00. The van der Waals surface area contributed by atoms with E-state index in [0.29, 0.717) is 10.4 Å². The van der Waals surface area contributed by atoms with Crippen LogP contribution in [0.1, 0.15) is 49.7 Å². The number of amides is 2. The van der Waals surface area contributed by atoms with Gasteiger partial charge >= 0.3 is 0 Å². The van der Waals surface area contributed by atoms with Gasteiger partial charge in [0.05, 0.1) is 10.6 Å². The van der Waals surface area contributed by atoms with Crippen LogP contribution in [0.5, 0.6) is 0 Å². The Labute approximate surface area is 160 Å². The Kier molecular flexibility index (Phi) is 4.97. The van der Waals surface area contributed by atoms with Crippen molar-refractivity contribution < 1.29 is 9.59 Å². The highest BCUT2D eigenvalue weighted by molar-refractivity contribution is 7.14. The zero-order chi connectivity index (χ0) is 18.6. The van der Waals surface area contributed by atoms with Gasteiger partial charge in [0.1, 0.15) is 12.7 Å². The Morgan fingerprint density at radius 3 is 2.56 bits per heavy atom. The van der Waals surface area contributed by atoms with Crippen molar-refractivity contribution in [2.75, 3.05) is 0 Å². The molecule has 0 aliphatic heterocycles. The summed E-state index contributed by atoms with van der Waals surface area (Å²) in [5, 5.41) is 4.04. The molecule has 0 atom stereocenters. The van der Waals surface area contributed by atoms with Crippen molar-refractivity contribution in [3.63, 3.8) is 0 Å². The normalized spacial score (nSPS) is 13.5. The fourth-order valence-corrected chi connectivity index (χ4v) is 4.28. The van der Waals surface area contributed by atoms with Gasteiger partial charge in [-0.15, -0.1) is 11.3 Å². The van der Waals surface area contributed by atoms with E-state index in [1.165, 1.54) is 47.4 Å². The molecule has 0 spiro atoms.